The molecule has 1 unspecified atom stereocenters. The second kappa shape index (κ2) is 12.2. The van der Waals surface area contributed by atoms with Crippen LogP contribution in [-0.4, -0.2) is 28.4 Å². The fourth-order valence-electron chi connectivity index (χ4n) is 3.98. The minimum Gasteiger partial charge on any atom is -0.482 e. The second-order valence-corrected chi connectivity index (χ2v) is 11.6. The monoisotopic (exact) mass is 611 g/mol. The van der Waals surface area contributed by atoms with Crippen molar-refractivity contribution < 1.29 is 27.8 Å². The maximum Gasteiger partial charge on any atom is 0.416 e. The zero-order valence-corrected chi connectivity index (χ0v) is 23.8. The number of alkyl halides is 3. The molecule has 4 aromatic rings. The molecule has 1 heterocycles. The lowest BCUT2D eigenvalue weighted by Gasteiger charge is -2.20. The zero-order chi connectivity index (χ0) is 28.3. The summed E-state index contributed by atoms with van der Waals surface area (Å²) in [6.45, 7) is 3.28. The van der Waals surface area contributed by atoms with Gasteiger partial charge < -0.3 is 9.84 Å². The van der Waals surface area contributed by atoms with Gasteiger partial charge in [0.05, 0.1) is 11.3 Å². The van der Waals surface area contributed by atoms with E-state index < -0.39 is 24.3 Å². The van der Waals surface area contributed by atoms with Gasteiger partial charge in [-0.2, -0.15) is 13.2 Å². The first-order chi connectivity index (χ1) is 18.4. The molecule has 1 atom stereocenters. The summed E-state index contributed by atoms with van der Waals surface area (Å²) in [4.78, 5) is 17.3. The Labute approximate surface area is 241 Å². The largest absolute Gasteiger partial charge is 0.482 e. The summed E-state index contributed by atoms with van der Waals surface area (Å²) in [5.41, 5.74) is 2.16. The maximum absolute atomic E-state index is 13.0. The lowest BCUT2D eigenvalue weighted by Crippen LogP contribution is -2.10. The van der Waals surface area contributed by atoms with E-state index >= 15 is 0 Å². The third kappa shape index (κ3) is 7.08. The number of hydrogen-bond donors (Lipinski definition) is 1. The van der Waals surface area contributed by atoms with Crippen LogP contribution in [0.1, 0.15) is 33.2 Å². The quantitative estimate of drug-likeness (QED) is 0.191. The van der Waals surface area contributed by atoms with E-state index in [9.17, 15) is 18.0 Å². The Hall–Kier alpha value is -2.72. The van der Waals surface area contributed by atoms with Gasteiger partial charge in [-0.1, -0.05) is 41.4 Å². The number of rotatable bonds is 9. The van der Waals surface area contributed by atoms with Crippen LogP contribution >= 0.6 is 46.3 Å². The van der Waals surface area contributed by atoms with Crippen molar-refractivity contribution in [3.05, 3.63) is 98.0 Å². The van der Waals surface area contributed by atoms with E-state index in [0.717, 1.165) is 38.7 Å². The first-order valence-corrected chi connectivity index (χ1v) is 14.2. The molecule has 0 aliphatic rings. The van der Waals surface area contributed by atoms with Gasteiger partial charge in [0.1, 0.15) is 10.8 Å². The standard InChI is InChI=1S/C28H22Cl2F3NO3S2/c1-15-12-19(10-11-23(15)37-13-24(35)36)38-14-20(25-21(29)4-3-5-22(25)30)26-16(2)34-27(39-26)17-6-8-18(9-7-17)28(31,32)33/h3-12,20H,13-14H2,1-2H3,(H,35,36). The van der Waals surface area contributed by atoms with E-state index in [1.807, 2.05) is 26.0 Å². The number of hydrogen-bond acceptors (Lipinski definition) is 5. The lowest BCUT2D eigenvalue weighted by atomic mass is 9.98. The highest BCUT2D eigenvalue weighted by atomic mass is 35.5. The Morgan fingerprint density at radius 1 is 1.08 bits per heavy atom. The van der Waals surface area contributed by atoms with Crippen LogP contribution in [-0.2, 0) is 11.0 Å². The Morgan fingerprint density at radius 2 is 1.74 bits per heavy atom. The molecule has 39 heavy (non-hydrogen) atoms. The average Bonchev–Trinajstić information content (AvgIpc) is 3.26. The maximum atomic E-state index is 13.0. The molecule has 3 aromatic carbocycles. The first kappa shape index (κ1) is 29.3. The van der Waals surface area contributed by atoms with Crippen molar-refractivity contribution >= 4 is 52.3 Å². The summed E-state index contributed by atoms with van der Waals surface area (Å²) < 4.78 is 44.4. The number of aliphatic carboxylic acids is 1. The first-order valence-electron chi connectivity index (χ1n) is 11.6. The van der Waals surface area contributed by atoms with Crippen molar-refractivity contribution in [2.45, 2.75) is 30.8 Å². The molecule has 0 aliphatic carbocycles. The van der Waals surface area contributed by atoms with Crippen molar-refractivity contribution in [3.8, 4) is 16.3 Å². The summed E-state index contributed by atoms with van der Waals surface area (Å²) in [5, 5.41) is 10.5. The fraction of sp³-hybridized carbons (Fsp3) is 0.214. The predicted octanol–water partition coefficient (Wildman–Crippen LogP) is 9.14. The van der Waals surface area contributed by atoms with Gasteiger partial charge in [0, 0.05) is 37.1 Å². The van der Waals surface area contributed by atoms with Crippen molar-refractivity contribution in [1.29, 1.82) is 0 Å². The molecule has 11 heteroatoms. The summed E-state index contributed by atoms with van der Waals surface area (Å²) in [7, 11) is 0. The highest BCUT2D eigenvalue weighted by Gasteiger charge is 2.30. The van der Waals surface area contributed by atoms with Gasteiger partial charge in [0.15, 0.2) is 6.61 Å². The molecule has 4 nitrogen and oxygen atoms in total. The van der Waals surface area contributed by atoms with E-state index in [4.69, 9.17) is 33.0 Å². The predicted molar refractivity (Wildman–Crippen MR) is 151 cm³/mol. The van der Waals surface area contributed by atoms with Crippen LogP contribution < -0.4 is 4.74 Å². The lowest BCUT2D eigenvalue weighted by molar-refractivity contribution is -0.139. The molecule has 0 radical (unpaired) electrons. The Bertz CT molecular complexity index is 1470. The van der Waals surface area contributed by atoms with Crippen LogP contribution in [0.2, 0.25) is 10.0 Å². The van der Waals surface area contributed by atoms with Crippen LogP contribution in [0.5, 0.6) is 5.75 Å². The van der Waals surface area contributed by atoms with Crippen LogP contribution in [0, 0.1) is 13.8 Å². The molecular formula is C28H22Cl2F3NO3S2. The SMILES string of the molecule is Cc1cc(SCC(c2sc(-c3ccc(C(F)(F)F)cc3)nc2C)c2c(Cl)cccc2Cl)ccc1OCC(=O)O. The van der Waals surface area contributed by atoms with Crippen LogP contribution in [0.4, 0.5) is 13.2 Å². The van der Waals surface area contributed by atoms with Gasteiger partial charge in [-0.3, -0.25) is 0 Å². The Morgan fingerprint density at radius 3 is 2.33 bits per heavy atom. The smallest absolute Gasteiger partial charge is 0.416 e. The van der Waals surface area contributed by atoms with Crippen LogP contribution in [0.3, 0.4) is 0 Å². The van der Waals surface area contributed by atoms with Gasteiger partial charge >= 0.3 is 12.1 Å². The topological polar surface area (TPSA) is 59.4 Å². The van der Waals surface area contributed by atoms with E-state index in [1.54, 1.807) is 36.0 Å². The molecule has 0 bridgehead atoms. The molecule has 0 amide bonds. The third-order valence-electron chi connectivity index (χ3n) is 5.87. The van der Waals surface area contributed by atoms with E-state index in [-0.39, 0.29) is 5.92 Å². The molecule has 1 aromatic heterocycles. The Kier molecular flexibility index (Phi) is 9.16. The van der Waals surface area contributed by atoms with Gasteiger partial charge in [0.2, 0.25) is 0 Å². The van der Waals surface area contributed by atoms with Crippen LogP contribution in [0.25, 0.3) is 10.6 Å². The number of benzene rings is 3. The van der Waals surface area contributed by atoms with E-state index in [2.05, 4.69) is 4.98 Å². The number of halogens is 5. The minimum absolute atomic E-state index is 0.250. The number of ether oxygens (including phenoxy) is 1. The molecule has 204 valence electrons. The summed E-state index contributed by atoms with van der Waals surface area (Å²) in [5.74, 6) is -0.261. The molecule has 1 N–H and O–H groups in total. The average molecular weight is 613 g/mol. The molecule has 0 saturated carbocycles. The van der Waals surface area contributed by atoms with Crippen molar-refractivity contribution in [2.24, 2.45) is 0 Å². The number of aryl methyl sites for hydroxylation is 2. The van der Waals surface area contributed by atoms with Gasteiger partial charge in [-0.15, -0.1) is 23.1 Å². The van der Waals surface area contributed by atoms with Gasteiger partial charge in [0.25, 0.3) is 0 Å². The Balaban J connectivity index is 1.66. The molecule has 0 fully saturated rings. The molecule has 0 saturated heterocycles. The number of thiazole rings is 1. The van der Waals surface area contributed by atoms with Crippen molar-refractivity contribution in [1.82, 2.24) is 4.98 Å². The number of carboxylic acids is 1. The number of carboxylic acid groups (broad SMARTS) is 1. The van der Waals surface area contributed by atoms with Crippen molar-refractivity contribution in [2.75, 3.05) is 12.4 Å². The number of thioether (sulfide) groups is 1. The number of nitrogens with zero attached hydrogens (tertiary/aromatic N) is 1. The van der Waals surface area contributed by atoms with Gasteiger partial charge in [-0.05, 0) is 67.4 Å². The van der Waals surface area contributed by atoms with Crippen LogP contribution in [0.15, 0.2) is 65.6 Å². The molecule has 0 aliphatic heterocycles. The highest BCUT2D eigenvalue weighted by molar-refractivity contribution is 7.99. The summed E-state index contributed by atoms with van der Waals surface area (Å²) >= 11 is 16.2. The summed E-state index contributed by atoms with van der Waals surface area (Å²) in [6.07, 6.45) is -4.41. The molecular weight excluding hydrogens is 590 g/mol. The minimum atomic E-state index is -4.41. The number of carbonyl (C=O) groups is 1. The molecule has 4 rings (SSSR count). The van der Waals surface area contributed by atoms with E-state index in [0.29, 0.717) is 32.1 Å². The third-order valence-corrected chi connectivity index (χ3v) is 8.94. The fourth-order valence-corrected chi connectivity index (χ4v) is 7.05. The van der Waals surface area contributed by atoms with Gasteiger partial charge in [-0.25, -0.2) is 9.78 Å². The van der Waals surface area contributed by atoms with E-state index in [1.165, 1.54) is 23.5 Å². The molecule has 0 spiro atoms. The second-order valence-electron chi connectivity index (χ2n) is 8.65. The number of aromatic nitrogens is 1. The summed E-state index contributed by atoms with van der Waals surface area (Å²) in [6, 6.07) is 15.8. The highest BCUT2D eigenvalue weighted by Crippen LogP contribution is 2.44. The zero-order valence-electron chi connectivity index (χ0n) is 20.7. The van der Waals surface area contributed by atoms with Crippen molar-refractivity contribution in [3.63, 3.8) is 0 Å². The normalized spacial score (nSPS) is 12.4.